The molecule has 3 heterocycles. The molecule has 1 fully saturated rings. The molecular weight excluding hydrogens is 509 g/mol. The predicted octanol–water partition coefficient (Wildman–Crippen LogP) is 5.19. The number of amides is 2. The third-order valence-electron chi connectivity index (χ3n) is 6.56. The standard InChI is InChI=1S/C28H25Cl2N5O2/c1-35(15-20-4-3-9-32-20)28(37)26-21-12-16(23-5-2-6-25(34-23)27(31)36)7-8-24(21)33-14-22(26)17-10-18(29)13-19(30)11-17/h2,5-8,10-14,20,32H,3-4,9,15H2,1H3,(H2,31,36)/t20-/m0/s1. The van der Waals surface area contributed by atoms with Gasteiger partial charge in [0.15, 0.2) is 0 Å². The first-order chi connectivity index (χ1) is 17.8. The lowest BCUT2D eigenvalue weighted by molar-refractivity contribution is 0.0786. The van der Waals surface area contributed by atoms with Crippen molar-refractivity contribution < 1.29 is 9.59 Å². The summed E-state index contributed by atoms with van der Waals surface area (Å²) < 4.78 is 0. The topological polar surface area (TPSA) is 101 Å². The smallest absolute Gasteiger partial charge is 0.267 e. The summed E-state index contributed by atoms with van der Waals surface area (Å²) in [5.74, 6) is -0.745. The van der Waals surface area contributed by atoms with Crippen molar-refractivity contribution >= 4 is 45.9 Å². The Balaban J connectivity index is 1.69. The number of halogens is 2. The number of pyridine rings is 2. The molecule has 0 bridgehead atoms. The monoisotopic (exact) mass is 533 g/mol. The molecular formula is C28H25Cl2N5O2. The van der Waals surface area contributed by atoms with Crippen LogP contribution in [0.3, 0.4) is 0 Å². The SMILES string of the molecule is CN(C[C@@H]1CCCN1)C(=O)c1c(-c2cc(Cl)cc(Cl)c2)cnc2ccc(-c3cccc(C(N)=O)n3)cc12. The number of nitrogens with zero attached hydrogens (tertiary/aromatic N) is 3. The van der Waals surface area contributed by atoms with Gasteiger partial charge in [-0.05, 0) is 67.4 Å². The molecule has 1 aliphatic heterocycles. The van der Waals surface area contributed by atoms with E-state index < -0.39 is 5.91 Å². The Hall–Kier alpha value is -3.52. The van der Waals surface area contributed by atoms with E-state index in [1.807, 2.05) is 25.2 Å². The van der Waals surface area contributed by atoms with Gasteiger partial charge >= 0.3 is 0 Å². The minimum Gasteiger partial charge on any atom is -0.364 e. The molecule has 1 saturated heterocycles. The third kappa shape index (κ3) is 5.30. The third-order valence-corrected chi connectivity index (χ3v) is 6.99. The second-order valence-corrected chi connectivity index (χ2v) is 10.1. The van der Waals surface area contributed by atoms with Gasteiger partial charge in [-0.1, -0.05) is 35.3 Å². The number of nitrogens with two attached hydrogens (primary N) is 1. The number of aromatic nitrogens is 2. The highest BCUT2D eigenvalue weighted by atomic mass is 35.5. The Morgan fingerprint density at radius 2 is 1.86 bits per heavy atom. The van der Waals surface area contributed by atoms with Gasteiger partial charge in [0.25, 0.3) is 11.8 Å². The number of likely N-dealkylation sites (N-methyl/N-ethyl adjacent to an activating group) is 1. The molecule has 4 aromatic rings. The van der Waals surface area contributed by atoms with Crippen molar-refractivity contribution in [3.63, 3.8) is 0 Å². The quantitative estimate of drug-likeness (QED) is 0.355. The zero-order valence-electron chi connectivity index (χ0n) is 20.2. The Kier molecular flexibility index (Phi) is 7.11. The zero-order chi connectivity index (χ0) is 26.1. The Morgan fingerprint density at radius 3 is 2.57 bits per heavy atom. The summed E-state index contributed by atoms with van der Waals surface area (Å²) in [7, 11) is 1.81. The van der Waals surface area contributed by atoms with Crippen molar-refractivity contribution in [2.24, 2.45) is 5.73 Å². The number of carbonyl (C=O) groups is 2. The van der Waals surface area contributed by atoms with Gasteiger partial charge in [-0.2, -0.15) is 0 Å². The molecule has 2 aromatic carbocycles. The van der Waals surface area contributed by atoms with Gasteiger partial charge in [-0.25, -0.2) is 4.98 Å². The Morgan fingerprint density at radius 1 is 1.08 bits per heavy atom. The second kappa shape index (κ2) is 10.5. The lowest BCUT2D eigenvalue weighted by Gasteiger charge is -2.24. The normalized spacial score (nSPS) is 15.2. The summed E-state index contributed by atoms with van der Waals surface area (Å²) in [4.78, 5) is 36.5. The van der Waals surface area contributed by atoms with E-state index in [1.165, 1.54) is 0 Å². The lowest BCUT2D eigenvalue weighted by atomic mass is 9.95. The molecule has 2 aromatic heterocycles. The van der Waals surface area contributed by atoms with Crippen molar-refractivity contribution in [3.05, 3.63) is 82.1 Å². The van der Waals surface area contributed by atoms with Crippen molar-refractivity contribution in [1.82, 2.24) is 20.2 Å². The molecule has 5 rings (SSSR count). The molecule has 0 aliphatic carbocycles. The predicted molar refractivity (Wildman–Crippen MR) is 147 cm³/mol. The molecule has 1 aliphatic rings. The van der Waals surface area contributed by atoms with Crippen LogP contribution >= 0.6 is 23.2 Å². The number of hydrogen-bond donors (Lipinski definition) is 2. The number of benzene rings is 2. The van der Waals surface area contributed by atoms with Crippen molar-refractivity contribution in [3.8, 4) is 22.4 Å². The average molecular weight is 534 g/mol. The first-order valence-corrected chi connectivity index (χ1v) is 12.7. The van der Waals surface area contributed by atoms with E-state index in [0.29, 0.717) is 49.9 Å². The van der Waals surface area contributed by atoms with E-state index in [2.05, 4.69) is 15.3 Å². The average Bonchev–Trinajstić information content (AvgIpc) is 3.39. The molecule has 1 atom stereocenters. The van der Waals surface area contributed by atoms with Gasteiger partial charge in [0.2, 0.25) is 0 Å². The molecule has 0 unspecified atom stereocenters. The fourth-order valence-electron chi connectivity index (χ4n) is 4.76. The number of hydrogen-bond acceptors (Lipinski definition) is 5. The Labute approximate surface area is 224 Å². The fraction of sp³-hybridized carbons (Fsp3) is 0.214. The first-order valence-electron chi connectivity index (χ1n) is 12.0. The highest BCUT2D eigenvalue weighted by Crippen LogP contribution is 2.35. The van der Waals surface area contributed by atoms with E-state index in [9.17, 15) is 9.59 Å². The summed E-state index contributed by atoms with van der Waals surface area (Å²) in [5, 5.41) is 5.04. The van der Waals surface area contributed by atoms with Crippen LogP contribution < -0.4 is 11.1 Å². The summed E-state index contributed by atoms with van der Waals surface area (Å²) >= 11 is 12.6. The van der Waals surface area contributed by atoms with Gasteiger partial charge in [0.1, 0.15) is 5.69 Å². The van der Waals surface area contributed by atoms with Crippen LogP contribution in [0.2, 0.25) is 10.0 Å². The van der Waals surface area contributed by atoms with Crippen molar-refractivity contribution in [2.75, 3.05) is 20.1 Å². The molecule has 37 heavy (non-hydrogen) atoms. The first kappa shape index (κ1) is 25.1. The minimum atomic E-state index is -0.609. The molecule has 9 heteroatoms. The van der Waals surface area contributed by atoms with Crippen LogP contribution in [0.5, 0.6) is 0 Å². The van der Waals surface area contributed by atoms with E-state index in [1.54, 1.807) is 47.5 Å². The number of primary amides is 1. The van der Waals surface area contributed by atoms with Crippen LogP contribution in [0.25, 0.3) is 33.3 Å². The van der Waals surface area contributed by atoms with Crippen LogP contribution in [0.1, 0.15) is 33.7 Å². The minimum absolute atomic E-state index is 0.136. The van der Waals surface area contributed by atoms with E-state index in [0.717, 1.165) is 24.9 Å². The molecule has 7 nitrogen and oxygen atoms in total. The van der Waals surface area contributed by atoms with Crippen LogP contribution in [-0.2, 0) is 0 Å². The van der Waals surface area contributed by atoms with Gasteiger partial charge in [-0.3, -0.25) is 14.6 Å². The highest BCUT2D eigenvalue weighted by Gasteiger charge is 2.25. The van der Waals surface area contributed by atoms with Crippen molar-refractivity contribution in [2.45, 2.75) is 18.9 Å². The van der Waals surface area contributed by atoms with Crippen molar-refractivity contribution in [1.29, 1.82) is 0 Å². The van der Waals surface area contributed by atoms with Crippen LogP contribution in [0.15, 0.2) is 60.8 Å². The summed E-state index contributed by atoms with van der Waals surface area (Å²) in [6, 6.07) is 16.1. The molecule has 3 N–H and O–H groups in total. The van der Waals surface area contributed by atoms with Crippen LogP contribution in [-0.4, -0.2) is 52.9 Å². The maximum atomic E-state index is 14.0. The van der Waals surface area contributed by atoms with Crippen LogP contribution in [0.4, 0.5) is 0 Å². The molecule has 0 radical (unpaired) electrons. The van der Waals surface area contributed by atoms with E-state index in [-0.39, 0.29) is 17.6 Å². The highest BCUT2D eigenvalue weighted by molar-refractivity contribution is 6.35. The fourth-order valence-corrected chi connectivity index (χ4v) is 5.29. The van der Waals surface area contributed by atoms with Crippen LogP contribution in [0, 0.1) is 0 Å². The molecule has 0 spiro atoms. The Bertz CT molecular complexity index is 1500. The van der Waals surface area contributed by atoms with Gasteiger partial charge in [0.05, 0.1) is 16.8 Å². The zero-order valence-corrected chi connectivity index (χ0v) is 21.7. The number of rotatable bonds is 6. The largest absolute Gasteiger partial charge is 0.364 e. The number of nitrogens with one attached hydrogen (secondary N) is 1. The molecule has 188 valence electrons. The number of carbonyl (C=O) groups excluding carboxylic acids is 2. The maximum Gasteiger partial charge on any atom is 0.267 e. The second-order valence-electron chi connectivity index (χ2n) is 9.19. The molecule has 0 saturated carbocycles. The lowest BCUT2D eigenvalue weighted by Crippen LogP contribution is -2.38. The number of fused-ring (bicyclic) bond motifs is 1. The van der Waals surface area contributed by atoms with Gasteiger partial charge < -0.3 is 16.0 Å². The van der Waals surface area contributed by atoms with Gasteiger partial charge in [0, 0.05) is 52.4 Å². The van der Waals surface area contributed by atoms with E-state index >= 15 is 0 Å². The van der Waals surface area contributed by atoms with Gasteiger partial charge in [-0.15, -0.1) is 0 Å². The molecule has 2 amide bonds. The summed E-state index contributed by atoms with van der Waals surface area (Å²) in [5.41, 5.74) is 9.37. The summed E-state index contributed by atoms with van der Waals surface area (Å²) in [6.45, 7) is 1.54. The van der Waals surface area contributed by atoms with E-state index in [4.69, 9.17) is 28.9 Å². The maximum absolute atomic E-state index is 14.0. The summed E-state index contributed by atoms with van der Waals surface area (Å²) in [6.07, 6.45) is 3.81.